The summed E-state index contributed by atoms with van der Waals surface area (Å²) in [6, 6.07) is 13.8. The number of para-hydroxylation sites is 1. The zero-order chi connectivity index (χ0) is 21.0. The Balaban J connectivity index is 1.80. The summed E-state index contributed by atoms with van der Waals surface area (Å²) in [4.78, 5) is 29.1. The first-order valence-corrected chi connectivity index (χ1v) is 8.56. The molecule has 0 aliphatic rings. The Morgan fingerprint density at radius 1 is 0.897 bits per heavy atom. The van der Waals surface area contributed by atoms with Gasteiger partial charge in [-0.2, -0.15) is 13.2 Å². The fraction of sp³-hybridized carbons (Fsp3) is 0.0952. The molecular weight excluding hydrogens is 383 g/mol. The van der Waals surface area contributed by atoms with E-state index in [1.807, 2.05) is 0 Å². The third-order valence-electron chi connectivity index (χ3n) is 4.04. The number of anilines is 2. The molecule has 2 N–H and O–H groups in total. The lowest BCUT2D eigenvalue weighted by Crippen LogP contribution is -2.18. The van der Waals surface area contributed by atoms with Gasteiger partial charge in [0.15, 0.2) is 0 Å². The smallest absolute Gasteiger partial charge is 0.322 e. The van der Waals surface area contributed by atoms with Gasteiger partial charge in [-0.05, 0) is 49.4 Å². The molecule has 1 heterocycles. The van der Waals surface area contributed by atoms with Crippen LogP contribution in [-0.4, -0.2) is 16.8 Å². The van der Waals surface area contributed by atoms with Crippen molar-refractivity contribution in [1.82, 2.24) is 4.98 Å². The van der Waals surface area contributed by atoms with Crippen LogP contribution >= 0.6 is 0 Å². The maximum Gasteiger partial charge on any atom is 0.416 e. The Morgan fingerprint density at radius 3 is 2.34 bits per heavy atom. The molecule has 0 saturated heterocycles. The van der Waals surface area contributed by atoms with E-state index in [0.717, 1.165) is 17.8 Å². The molecule has 0 spiro atoms. The molecule has 0 bridgehead atoms. The second-order valence-electron chi connectivity index (χ2n) is 6.22. The normalized spacial score (nSPS) is 11.0. The Bertz CT molecular complexity index is 1050. The molecule has 2 amide bonds. The van der Waals surface area contributed by atoms with Gasteiger partial charge in [0, 0.05) is 17.6 Å². The van der Waals surface area contributed by atoms with E-state index >= 15 is 0 Å². The minimum Gasteiger partial charge on any atom is -0.322 e. The number of aromatic nitrogens is 1. The second-order valence-corrected chi connectivity index (χ2v) is 6.22. The molecule has 148 valence electrons. The van der Waals surface area contributed by atoms with Gasteiger partial charge < -0.3 is 10.6 Å². The van der Waals surface area contributed by atoms with Crippen LogP contribution in [0.3, 0.4) is 0 Å². The molecule has 0 atom stereocenters. The quantitative estimate of drug-likeness (QED) is 0.655. The molecule has 5 nitrogen and oxygen atoms in total. The van der Waals surface area contributed by atoms with Gasteiger partial charge in [-0.15, -0.1) is 0 Å². The molecule has 0 fully saturated rings. The number of rotatable bonds is 4. The van der Waals surface area contributed by atoms with E-state index in [1.54, 1.807) is 31.2 Å². The molecule has 0 saturated carbocycles. The van der Waals surface area contributed by atoms with Crippen LogP contribution in [0.15, 0.2) is 66.9 Å². The zero-order valence-corrected chi connectivity index (χ0v) is 15.2. The highest BCUT2D eigenvalue weighted by molar-refractivity contribution is 6.12. The van der Waals surface area contributed by atoms with Crippen LogP contribution in [0.1, 0.15) is 32.0 Å². The predicted molar refractivity (Wildman–Crippen MR) is 103 cm³/mol. The number of aryl methyl sites for hydroxylation is 1. The van der Waals surface area contributed by atoms with E-state index in [-0.39, 0.29) is 16.9 Å². The van der Waals surface area contributed by atoms with Crippen LogP contribution in [0.4, 0.5) is 24.5 Å². The van der Waals surface area contributed by atoms with Crippen molar-refractivity contribution in [3.63, 3.8) is 0 Å². The summed E-state index contributed by atoms with van der Waals surface area (Å²) in [6.07, 6.45) is -3.11. The standard InChI is InChI=1S/C21H16F3N3O2/c1-13-9-10-14(12-25-13)19(28)27-18-8-3-2-7-17(18)20(29)26-16-6-4-5-15(11-16)21(22,23)24/h2-12H,1H3,(H,26,29)(H,27,28). The van der Waals surface area contributed by atoms with E-state index in [0.29, 0.717) is 5.56 Å². The monoisotopic (exact) mass is 399 g/mol. The van der Waals surface area contributed by atoms with Crippen LogP contribution in [0.2, 0.25) is 0 Å². The number of carbonyl (C=O) groups excluding carboxylic acids is 2. The van der Waals surface area contributed by atoms with Crippen molar-refractivity contribution in [3.05, 3.63) is 89.2 Å². The number of nitrogens with one attached hydrogen (secondary N) is 2. The third kappa shape index (κ3) is 4.98. The van der Waals surface area contributed by atoms with E-state index in [1.165, 1.54) is 30.5 Å². The van der Waals surface area contributed by atoms with Crippen molar-refractivity contribution in [1.29, 1.82) is 0 Å². The molecule has 1 aromatic heterocycles. The van der Waals surface area contributed by atoms with Crippen LogP contribution < -0.4 is 10.6 Å². The van der Waals surface area contributed by atoms with Crippen molar-refractivity contribution in [2.24, 2.45) is 0 Å². The summed E-state index contributed by atoms with van der Waals surface area (Å²) in [6.45, 7) is 1.79. The molecule has 8 heteroatoms. The molecule has 3 rings (SSSR count). The Morgan fingerprint density at radius 2 is 1.66 bits per heavy atom. The molecule has 0 radical (unpaired) electrons. The average Bonchev–Trinajstić information content (AvgIpc) is 2.68. The Hall–Kier alpha value is -3.68. The van der Waals surface area contributed by atoms with Crippen LogP contribution in [-0.2, 0) is 6.18 Å². The average molecular weight is 399 g/mol. The van der Waals surface area contributed by atoms with Crippen molar-refractivity contribution in [2.45, 2.75) is 13.1 Å². The maximum absolute atomic E-state index is 12.9. The molecule has 2 aromatic carbocycles. The summed E-state index contributed by atoms with van der Waals surface area (Å²) < 4.78 is 38.6. The summed E-state index contributed by atoms with van der Waals surface area (Å²) in [7, 11) is 0. The summed E-state index contributed by atoms with van der Waals surface area (Å²) in [5.74, 6) is -1.11. The van der Waals surface area contributed by atoms with Crippen LogP contribution in [0.5, 0.6) is 0 Å². The first-order valence-electron chi connectivity index (χ1n) is 8.56. The molecule has 0 aliphatic carbocycles. The SMILES string of the molecule is Cc1ccc(C(=O)Nc2ccccc2C(=O)Nc2cccc(C(F)(F)F)c2)cn1. The summed E-state index contributed by atoms with van der Waals surface area (Å²) >= 11 is 0. The highest BCUT2D eigenvalue weighted by Gasteiger charge is 2.30. The number of nitrogens with zero attached hydrogens (tertiary/aromatic N) is 1. The van der Waals surface area contributed by atoms with Crippen LogP contribution in [0.25, 0.3) is 0 Å². The van der Waals surface area contributed by atoms with E-state index in [4.69, 9.17) is 0 Å². The molecule has 0 aliphatic heterocycles. The van der Waals surface area contributed by atoms with Crippen LogP contribution in [0, 0.1) is 6.92 Å². The fourth-order valence-corrected chi connectivity index (χ4v) is 2.56. The number of hydrogen-bond donors (Lipinski definition) is 2. The van der Waals surface area contributed by atoms with Crippen molar-refractivity contribution < 1.29 is 22.8 Å². The molecule has 29 heavy (non-hydrogen) atoms. The number of carbonyl (C=O) groups is 2. The van der Waals surface area contributed by atoms with E-state index in [2.05, 4.69) is 15.6 Å². The van der Waals surface area contributed by atoms with Gasteiger partial charge in [-0.3, -0.25) is 14.6 Å². The lowest BCUT2D eigenvalue weighted by Gasteiger charge is -2.13. The van der Waals surface area contributed by atoms with Gasteiger partial charge in [0.25, 0.3) is 11.8 Å². The number of amides is 2. The van der Waals surface area contributed by atoms with Crippen molar-refractivity contribution in [2.75, 3.05) is 10.6 Å². The van der Waals surface area contributed by atoms with Gasteiger partial charge in [0.05, 0.1) is 22.4 Å². The number of alkyl halides is 3. The third-order valence-corrected chi connectivity index (χ3v) is 4.04. The Kier molecular flexibility index (Phi) is 5.63. The maximum atomic E-state index is 12.9. The molecule has 3 aromatic rings. The lowest BCUT2D eigenvalue weighted by molar-refractivity contribution is -0.137. The minimum atomic E-state index is -4.52. The first kappa shape index (κ1) is 20.1. The predicted octanol–water partition coefficient (Wildman–Crippen LogP) is 4.91. The second kappa shape index (κ2) is 8.14. The number of halogens is 3. The topological polar surface area (TPSA) is 71.1 Å². The molecule has 0 unspecified atom stereocenters. The minimum absolute atomic E-state index is 0.00584. The summed E-state index contributed by atoms with van der Waals surface area (Å²) in [5, 5.41) is 5.06. The fourth-order valence-electron chi connectivity index (χ4n) is 2.56. The number of benzene rings is 2. The van der Waals surface area contributed by atoms with E-state index in [9.17, 15) is 22.8 Å². The highest BCUT2D eigenvalue weighted by atomic mass is 19.4. The zero-order valence-electron chi connectivity index (χ0n) is 15.2. The number of pyridine rings is 1. The van der Waals surface area contributed by atoms with Crippen molar-refractivity contribution >= 4 is 23.2 Å². The van der Waals surface area contributed by atoms with Gasteiger partial charge >= 0.3 is 6.18 Å². The van der Waals surface area contributed by atoms with Gasteiger partial charge in [0.1, 0.15) is 0 Å². The number of hydrogen-bond acceptors (Lipinski definition) is 3. The summed E-state index contributed by atoms with van der Waals surface area (Å²) in [5.41, 5.74) is 0.518. The van der Waals surface area contributed by atoms with Crippen molar-refractivity contribution in [3.8, 4) is 0 Å². The highest BCUT2D eigenvalue weighted by Crippen LogP contribution is 2.31. The van der Waals surface area contributed by atoms with Gasteiger partial charge in [-0.1, -0.05) is 18.2 Å². The Labute approximate surface area is 164 Å². The lowest BCUT2D eigenvalue weighted by atomic mass is 10.1. The van der Waals surface area contributed by atoms with Gasteiger partial charge in [-0.25, -0.2) is 0 Å². The van der Waals surface area contributed by atoms with E-state index < -0.39 is 23.6 Å². The van der Waals surface area contributed by atoms with Gasteiger partial charge in [0.2, 0.25) is 0 Å². The largest absolute Gasteiger partial charge is 0.416 e. The molecular formula is C21H16F3N3O2. The first-order chi connectivity index (χ1) is 13.7.